The predicted octanol–water partition coefficient (Wildman–Crippen LogP) is -0.866. The zero-order valence-corrected chi connectivity index (χ0v) is 8.43. The van der Waals surface area contributed by atoms with Crippen LogP contribution < -0.4 is 17.1 Å². The van der Waals surface area contributed by atoms with Crippen LogP contribution in [0.2, 0.25) is 0 Å². The summed E-state index contributed by atoms with van der Waals surface area (Å²) in [6.07, 6.45) is 0. The maximum absolute atomic E-state index is 11.3. The Hall–Kier alpha value is -2.77. The molecule has 0 radical (unpaired) electrons. The van der Waals surface area contributed by atoms with Crippen LogP contribution in [0.5, 0.6) is 0 Å². The van der Waals surface area contributed by atoms with E-state index in [4.69, 9.17) is 10.8 Å². The molecule has 0 amide bonds. The molecule has 8 nitrogen and oxygen atoms in total. The van der Waals surface area contributed by atoms with E-state index in [1.165, 1.54) is 18.2 Å². The summed E-state index contributed by atoms with van der Waals surface area (Å²) in [4.78, 5) is 33.3. The van der Waals surface area contributed by atoms with Crippen LogP contribution in [0.4, 0.5) is 5.69 Å². The van der Waals surface area contributed by atoms with Gasteiger partial charge in [-0.2, -0.15) is 0 Å². The number of nitrogen functional groups attached to an aromatic ring is 1. The minimum atomic E-state index is -1.14. The van der Waals surface area contributed by atoms with Crippen molar-refractivity contribution in [1.82, 2.24) is 14.8 Å². The summed E-state index contributed by atoms with van der Waals surface area (Å²) >= 11 is 0. The lowest BCUT2D eigenvalue weighted by atomic mass is 10.2. The van der Waals surface area contributed by atoms with Gasteiger partial charge in [-0.05, 0) is 18.2 Å². The number of carbonyl (C=O) groups is 1. The number of nitrogens with one attached hydrogen (secondary N) is 2. The number of hydrogen-bond donors (Lipinski definition) is 4. The van der Waals surface area contributed by atoms with Crippen molar-refractivity contribution >= 4 is 11.7 Å². The van der Waals surface area contributed by atoms with Crippen LogP contribution in [-0.2, 0) is 0 Å². The SMILES string of the molecule is Nc1cc(C(=O)O)ccc1-n1c(=O)[nH][nH]c1=O. The van der Waals surface area contributed by atoms with Crippen LogP contribution in [0.1, 0.15) is 10.4 Å². The van der Waals surface area contributed by atoms with Gasteiger partial charge >= 0.3 is 17.3 Å². The molecule has 0 aliphatic carbocycles. The Balaban J connectivity index is 2.67. The Kier molecular flexibility index (Phi) is 2.32. The number of aromatic amines is 2. The Labute approximate surface area is 93.3 Å². The highest BCUT2D eigenvalue weighted by Crippen LogP contribution is 2.16. The van der Waals surface area contributed by atoms with Crippen molar-refractivity contribution < 1.29 is 9.90 Å². The van der Waals surface area contributed by atoms with Gasteiger partial charge in [0.1, 0.15) is 0 Å². The molecule has 0 aliphatic heterocycles. The molecule has 0 unspecified atom stereocenters. The van der Waals surface area contributed by atoms with Gasteiger partial charge in [0.25, 0.3) is 0 Å². The highest BCUT2D eigenvalue weighted by atomic mass is 16.4. The molecule has 1 aromatic carbocycles. The summed E-state index contributed by atoms with van der Waals surface area (Å²) in [5.41, 5.74) is 4.38. The van der Waals surface area contributed by atoms with Crippen LogP contribution in [0.25, 0.3) is 5.69 Å². The predicted molar refractivity (Wildman–Crippen MR) is 58.4 cm³/mol. The molecule has 8 heteroatoms. The molecule has 0 aliphatic rings. The zero-order valence-electron chi connectivity index (χ0n) is 8.43. The Bertz CT molecular complexity index is 666. The molecule has 2 rings (SSSR count). The fourth-order valence-corrected chi connectivity index (χ4v) is 1.42. The van der Waals surface area contributed by atoms with E-state index in [-0.39, 0.29) is 16.9 Å². The number of benzene rings is 1. The van der Waals surface area contributed by atoms with E-state index in [2.05, 4.69) is 10.2 Å². The summed E-state index contributed by atoms with van der Waals surface area (Å²) in [7, 11) is 0. The lowest BCUT2D eigenvalue weighted by Gasteiger charge is -2.04. The second-order valence-corrected chi connectivity index (χ2v) is 3.27. The average Bonchev–Trinajstić information content (AvgIpc) is 2.59. The topological polar surface area (TPSA) is 134 Å². The fourth-order valence-electron chi connectivity index (χ4n) is 1.42. The average molecular weight is 236 g/mol. The molecule has 0 bridgehead atoms. The molecule has 1 aromatic heterocycles. The van der Waals surface area contributed by atoms with Gasteiger partial charge in [-0.3, -0.25) is 0 Å². The molecule has 0 spiro atoms. The molecule has 17 heavy (non-hydrogen) atoms. The third-order valence-corrected chi connectivity index (χ3v) is 2.20. The van der Waals surface area contributed by atoms with E-state index in [9.17, 15) is 14.4 Å². The third-order valence-electron chi connectivity index (χ3n) is 2.20. The van der Waals surface area contributed by atoms with Crippen molar-refractivity contribution in [3.8, 4) is 5.69 Å². The van der Waals surface area contributed by atoms with E-state index in [1.54, 1.807) is 0 Å². The van der Waals surface area contributed by atoms with Gasteiger partial charge in [0.2, 0.25) is 0 Å². The van der Waals surface area contributed by atoms with Crippen LogP contribution in [0.15, 0.2) is 27.8 Å². The van der Waals surface area contributed by atoms with Crippen LogP contribution in [0.3, 0.4) is 0 Å². The normalized spacial score (nSPS) is 10.4. The largest absolute Gasteiger partial charge is 0.478 e. The van der Waals surface area contributed by atoms with E-state index >= 15 is 0 Å². The minimum Gasteiger partial charge on any atom is -0.478 e. The number of nitrogens with two attached hydrogens (primary N) is 1. The molecule has 0 atom stereocenters. The first kappa shape index (κ1) is 10.7. The van der Waals surface area contributed by atoms with E-state index in [1.807, 2.05) is 0 Å². The molecular weight excluding hydrogens is 228 g/mol. The molecule has 88 valence electrons. The number of rotatable bonds is 2. The van der Waals surface area contributed by atoms with Crippen LogP contribution in [-0.4, -0.2) is 25.8 Å². The van der Waals surface area contributed by atoms with Crippen molar-refractivity contribution in [3.05, 3.63) is 44.7 Å². The molecular formula is C9H8N4O4. The van der Waals surface area contributed by atoms with Gasteiger partial charge in [0, 0.05) is 0 Å². The maximum Gasteiger partial charge on any atom is 0.349 e. The van der Waals surface area contributed by atoms with Gasteiger partial charge in [0.05, 0.1) is 16.9 Å². The number of carboxylic acids is 1. The van der Waals surface area contributed by atoms with Crippen molar-refractivity contribution in [2.45, 2.75) is 0 Å². The Morgan fingerprint density at radius 3 is 2.29 bits per heavy atom. The minimum absolute atomic E-state index is 0.0220. The molecule has 5 N–H and O–H groups in total. The van der Waals surface area contributed by atoms with Gasteiger partial charge in [-0.15, -0.1) is 0 Å². The van der Waals surface area contributed by atoms with Crippen molar-refractivity contribution in [1.29, 1.82) is 0 Å². The first-order valence-electron chi connectivity index (χ1n) is 4.53. The summed E-state index contributed by atoms with van der Waals surface area (Å²) in [5.74, 6) is -1.14. The van der Waals surface area contributed by atoms with Gasteiger partial charge in [-0.25, -0.2) is 29.1 Å². The highest BCUT2D eigenvalue weighted by Gasteiger charge is 2.11. The summed E-state index contributed by atoms with van der Waals surface area (Å²) in [6, 6.07) is 3.73. The fraction of sp³-hybridized carbons (Fsp3) is 0. The van der Waals surface area contributed by atoms with E-state index < -0.39 is 17.3 Å². The molecule has 2 aromatic rings. The summed E-state index contributed by atoms with van der Waals surface area (Å²) in [6.45, 7) is 0. The third kappa shape index (κ3) is 1.71. The Morgan fingerprint density at radius 2 is 1.82 bits per heavy atom. The zero-order chi connectivity index (χ0) is 12.6. The number of aromatic nitrogens is 3. The van der Waals surface area contributed by atoms with Crippen LogP contribution >= 0.6 is 0 Å². The van der Waals surface area contributed by atoms with Gasteiger partial charge in [0.15, 0.2) is 0 Å². The lowest BCUT2D eigenvalue weighted by molar-refractivity contribution is 0.0697. The molecule has 1 heterocycles. The standard InChI is InChI=1S/C9H8N4O4/c10-5-3-4(7(14)15)1-2-6(5)13-8(16)11-12-9(13)17/h1-3H,10H2,(H,11,16)(H,12,17)(H,14,15). The number of carboxylic acid groups (broad SMARTS) is 1. The van der Waals surface area contributed by atoms with Crippen LogP contribution in [0, 0.1) is 0 Å². The van der Waals surface area contributed by atoms with Gasteiger partial charge < -0.3 is 10.8 Å². The quantitative estimate of drug-likeness (QED) is 0.503. The molecule has 0 saturated carbocycles. The molecule has 0 fully saturated rings. The smallest absolute Gasteiger partial charge is 0.349 e. The number of hydrogen-bond acceptors (Lipinski definition) is 4. The lowest BCUT2D eigenvalue weighted by Crippen LogP contribution is -2.25. The summed E-state index contributed by atoms with van der Waals surface area (Å²) < 4.78 is 0.779. The van der Waals surface area contributed by atoms with Crippen molar-refractivity contribution in [3.63, 3.8) is 0 Å². The maximum atomic E-state index is 11.3. The highest BCUT2D eigenvalue weighted by molar-refractivity contribution is 5.89. The first-order valence-corrected chi connectivity index (χ1v) is 4.53. The van der Waals surface area contributed by atoms with Crippen molar-refractivity contribution in [2.24, 2.45) is 0 Å². The second kappa shape index (κ2) is 3.67. The number of H-pyrrole nitrogens is 2. The molecule has 0 saturated heterocycles. The van der Waals surface area contributed by atoms with E-state index in [0.29, 0.717) is 0 Å². The Morgan fingerprint density at radius 1 is 1.24 bits per heavy atom. The number of aromatic carboxylic acids is 1. The van der Waals surface area contributed by atoms with Crippen molar-refractivity contribution in [2.75, 3.05) is 5.73 Å². The summed E-state index contributed by atoms with van der Waals surface area (Å²) in [5, 5.41) is 12.9. The number of nitrogens with zero attached hydrogens (tertiary/aromatic N) is 1. The van der Waals surface area contributed by atoms with E-state index in [0.717, 1.165) is 4.57 Å². The second-order valence-electron chi connectivity index (χ2n) is 3.27. The van der Waals surface area contributed by atoms with Gasteiger partial charge in [-0.1, -0.05) is 0 Å². The first-order chi connectivity index (χ1) is 8.00. The monoisotopic (exact) mass is 236 g/mol. The number of anilines is 1.